The van der Waals surface area contributed by atoms with Gasteiger partial charge in [0, 0.05) is 43.0 Å². The molecule has 2 saturated heterocycles. The summed E-state index contributed by atoms with van der Waals surface area (Å²) in [6.45, 7) is 3.86. The molecule has 0 atom stereocenters. The van der Waals surface area contributed by atoms with Crippen LogP contribution in [0.5, 0.6) is 0 Å². The van der Waals surface area contributed by atoms with E-state index in [2.05, 4.69) is 27.1 Å². The Balaban J connectivity index is 1.21. The van der Waals surface area contributed by atoms with Crippen LogP contribution in [0.25, 0.3) is 21.6 Å². The lowest BCUT2D eigenvalue weighted by molar-refractivity contribution is -0.126. The van der Waals surface area contributed by atoms with Gasteiger partial charge in [-0.3, -0.25) is 9.78 Å². The molecule has 3 aromatic rings. The predicted octanol–water partition coefficient (Wildman–Crippen LogP) is 3.18. The lowest BCUT2D eigenvalue weighted by Gasteiger charge is -2.33. The molecule has 7 nitrogen and oxygen atoms in total. The van der Waals surface area contributed by atoms with Crippen LogP contribution in [0.4, 0.5) is 5.13 Å². The molecule has 162 valence electrons. The topological polar surface area (TPSA) is 74.2 Å². The monoisotopic (exact) mass is 436 g/mol. The maximum atomic E-state index is 12.7. The number of hydrogen-bond acceptors (Lipinski definition) is 7. The van der Waals surface area contributed by atoms with E-state index in [-0.39, 0.29) is 11.8 Å². The highest BCUT2D eigenvalue weighted by Crippen LogP contribution is 2.32. The summed E-state index contributed by atoms with van der Waals surface area (Å²) in [5, 5.41) is 4.29. The van der Waals surface area contributed by atoms with Crippen LogP contribution >= 0.6 is 11.3 Å². The summed E-state index contributed by atoms with van der Waals surface area (Å²) in [5.74, 6) is 0.349. The Kier molecular flexibility index (Phi) is 5.82. The Bertz CT molecular complexity index is 1040. The molecule has 0 radical (unpaired) electrons. The first kappa shape index (κ1) is 20.3. The minimum absolute atomic E-state index is 0.112. The lowest BCUT2D eigenvalue weighted by atomic mass is 9.95. The van der Waals surface area contributed by atoms with Crippen LogP contribution in [0.1, 0.15) is 25.7 Å². The van der Waals surface area contributed by atoms with E-state index in [1.165, 1.54) is 0 Å². The highest BCUT2D eigenvalue weighted by atomic mass is 32.1. The Morgan fingerprint density at radius 3 is 2.61 bits per heavy atom. The van der Waals surface area contributed by atoms with Crippen LogP contribution in [0.2, 0.25) is 0 Å². The number of aromatic nitrogens is 3. The van der Waals surface area contributed by atoms with E-state index >= 15 is 0 Å². The molecule has 8 heteroatoms. The first-order valence-electron chi connectivity index (χ1n) is 11.1. The van der Waals surface area contributed by atoms with Crippen molar-refractivity contribution >= 4 is 32.7 Å². The van der Waals surface area contributed by atoms with E-state index in [1.54, 1.807) is 17.5 Å². The van der Waals surface area contributed by atoms with Crippen LogP contribution in [0, 0.1) is 5.92 Å². The number of nitrogens with one attached hydrogen (secondary N) is 1. The predicted molar refractivity (Wildman–Crippen MR) is 124 cm³/mol. The fourth-order valence-electron chi connectivity index (χ4n) is 4.42. The second-order valence-corrected chi connectivity index (χ2v) is 9.56. The highest BCUT2D eigenvalue weighted by molar-refractivity contribution is 7.21. The number of amides is 1. The number of fused-ring (bicyclic) bond motifs is 1. The summed E-state index contributed by atoms with van der Waals surface area (Å²) in [4.78, 5) is 32.1. The first-order valence-corrected chi connectivity index (χ1v) is 11.9. The number of piperidine rings is 2. The fraction of sp³-hybridized carbons (Fsp3) is 0.478. The van der Waals surface area contributed by atoms with Crippen molar-refractivity contribution in [3.63, 3.8) is 0 Å². The second kappa shape index (κ2) is 8.88. The van der Waals surface area contributed by atoms with Gasteiger partial charge >= 0.3 is 0 Å². The third-order valence-electron chi connectivity index (χ3n) is 6.40. The van der Waals surface area contributed by atoms with Gasteiger partial charge < -0.3 is 15.1 Å². The Morgan fingerprint density at radius 2 is 1.87 bits per heavy atom. The van der Waals surface area contributed by atoms with Crippen LogP contribution in [-0.4, -0.2) is 65.0 Å². The Morgan fingerprint density at radius 1 is 1.06 bits per heavy atom. The van der Waals surface area contributed by atoms with Crippen molar-refractivity contribution in [3.05, 3.63) is 36.7 Å². The van der Waals surface area contributed by atoms with Gasteiger partial charge in [0.1, 0.15) is 10.3 Å². The van der Waals surface area contributed by atoms with Crippen molar-refractivity contribution in [1.29, 1.82) is 0 Å². The van der Waals surface area contributed by atoms with E-state index in [4.69, 9.17) is 9.97 Å². The SMILES string of the molecule is CN1CCC(NC(=O)C2CCN(c3nc4ccc(-c5cccnc5)nc4s3)CC2)CC1. The third-order valence-corrected chi connectivity index (χ3v) is 7.43. The zero-order valence-corrected chi connectivity index (χ0v) is 18.6. The summed E-state index contributed by atoms with van der Waals surface area (Å²) in [7, 11) is 2.14. The molecule has 2 aliphatic heterocycles. The lowest BCUT2D eigenvalue weighted by Crippen LogP contribution is -2.47. The van der Waals surface area contributed by atoms with Gasteiger partial charge in [0.05, 0.1) is 5.69 Å². The summed E-state index contributed by atoms with van der Waals surface area (Å²) in [5.41, 5.74) is 2.85. The average Bonchev–Trinajstić information content (AvgIpc) is 3.25. The second-order valence-electron chi connectivity index (χ2n) is 8.61. The summed E-state index contributed by atoms with van der Waals surface area (Å²) < 4.78 is 0. The Labute approximate surface area is 186 Å². The molecule has 31 heavy (non-hydrogen) atoms. The van der Waals surface area contributed by atoms with Crippen molar-refractivity contribution in [2.45, 2.75) is 31.7 Å². The zero-order valence-electron chi connectivity index (χ0n) is 17.8. The molecule has 5 heterocycles. The summed E-state index contributed by atoms with van der Waals surface area (Å²) in [6.07, 6.45) is 7.47. The number of nitrogens with zero attached hydrogens (tertiary/aromatic N) is 5. The molecule has 0 bridgehead atoms. The zero-order chi connectivity index (χ0) is 21.2. The number of carbonyl (C=O) groups is 1. The average molecular weight is 437 g/mol. The maximum Gasteiger partial charge on any atom is 0.223 e. The molecular formula is C23H28N6OS. The van der Waals surface area contributed by atoms with Crippen LogP contribution in [-0.2, 0) is 4.79 Å². The molecular weight excluding hydrogens is 408 g/mol. The van der Waals surface area contributed by atoms with Crippen molar-refractivity contribution in [2.75, 3.05) is 38.1 Å². The van der Waals surface area contributed by atoms with Crippen LogP contribution in [0.15, 0.2) is 36.7 Å². The molecule has 2 fully saturated rings. The number of thiazole rings is 1. The van der Waals surface area contributed by atoms with Gasteiger partial charge in [-0.1, -0.05) is 11.3 Å². The van der Waals surface area contributed by atoms with Gasteiger partial charge in [-0.25, -0.2) is 9.97 Å². The van der Waals surface area contributed by atoms with Crippen LogP contribution in [0.3, 0.4) is 0 Å². The highest BCUT2D eigenvalue weighted by Gasteiger charge is 2.28. The van der Waals surface area contributed by atoms with Gasteiger partial charge in [-0.2, -0.15) is 0 Å². The number of likely N-dealkylation sites (tertiary alicyclic amines) is 1. The minimum atomic E-state index is 0.112. The van der Waals surface area contributed by atoms with Crippen molar-refractivity contribution in [2.24, 2.45) is 5.92 Å². The smallest absolute Gasteiger partial charge is 0.223 e. The van der Waals surface area contributed by atoms with Gasteiger partial charge in [-0.15, -0.1) is 0 Å². The molecule has 2 aliphatic rings. The van der Waals surface area contributed by atoms with E-state index in [9.17, 15) is 4.79 Å². The Hall–Kier alpha value is -2.58. The van der Waals surface area contributed by atoms with E-state index in [0.717, 1.165) is 78.6 Å². The quantitative estimate of drug-likeness (QED) is 0.677. The molecule has 0 spiro atoms. The first-order chi connectivity index (χ1) is 15.2. The van der Waals surface area contributed by atoms with Crippen molar-refractivity contribution in [1.82, 2.24) is 25.2 Å². The van der Waals surface area contributed by atoms with Gasteiger partial charge in [0.2, 0.25) is 5.91 Å². The number of pyridine rings is 2. The number of rotatable bonds is 4. The van der Waals surface area contributed by atoms with Gasteiger partial charge in [0.25, 0.3) is 0 Å². The number of hydrogen-bond donors (Lipinski definition) is 1. The van der Waals surface area contributed by atoms with E-state index in [1.807, 2.05) is 30.5 Å². The summed E-state index contributed by atoms with van der Waals surface area (Å²) in [6, 6.07) is 8.32. The molecule has 1 N–H and O–H groups in total. The molecule has 1 amide bonds. The third kappa shape index (κ3) is 4.55. The number of anilines is 1. The molecule has 5 rings (SSSR count). The standard InChI is InChI=1S/C23H28N6OS/c1-28-11-8-18(9-12-28)25-21(30)16-6-13-29(14-7-16)23-27-20-5-4-19(26-22(20)31-23)17-3-2-10-24-15-17/h2-5,10,15-16,18H,6-9,11-14H2,1H3,(H,25,30). The van der Waals surface area contributed by atoms with Crippen LogP contribution < -0.4 is 10.2 Å². The maximum absolute atomic E-state index is 12.7. The number of carbonyl (C=O) groups excluding carboxylic acids is 1. The van der Waals surface area contributed by atoms with Crippen molar-refractivity contribution < 1.29 is 4.79 Å². The normalized spacial score (nSPS) is 19.1. The fourth-order valence-corrected chi connectivity index (χ4v) is 5.41. The van der Waals surface area contributed by atoms with Gasteiger partial charge in [-0.05, 0) is 70.1 Å². The molecule has 3 aromatic heterocycles. The van der Waals surface area contributed by atoms with E-state index < -0.39 is 0 Å². The van der Waals surface area contributed by atoms with Crippen molar-refractivity contribution in [3.8, 4) is 11.3 Å². The summed E-state index contributed by atoms with van der Waals surface area (Å²) >= 11 is 1.63. The molecule has 0 aliphatic carbocycles. The molecule has 0 aromatic carbocycles. The molecule has 0 unspecified atom stereocenters. The molecule has 0 saturated carbocycles. The largest absolute Gasteiger partial charge is 0.353 e. The minimum Gasteiger partial charge on any atom is -0.353 e. The van der Waals surface area contributed by atoms with E-state index in [0.29, 0.717) is 6.04 Å². The van der Waals surface area contributed by atoms with Gasteiger partial charge in [0.15, 0.2) is 5.13 Å².